The lowest BCUT2D eigenvalue weighted by Crippen LogP contribution is -2.07. The molecule has 1 rings (SSSR count). The van der Waals surface area contributed by atoms with E-state index in [4.69, 9.17) is 5.73 Å². The monoisotopic (exact) mass is 303 g/mol. The molecule has 0 aromatic carbocycles. The van der Waals surface area contributed by atoms with Crippen molar-refractivity contribution in [1.82, 2.24) is 9.97 Å². The van der Waals surface area contributed by atoms with E-state index in [1.165, 1.54) is 0 Å². The van der Waals surface area contributed by atoms with E-state index in [9.17, 15) is 0 Å². The Kier molecular flexibility index (Phi) is 5.55. The summed E-state index contributed by atoms with van der Waals surface area (Å²) in [7, 11) is 0. The van der Waals surface area contributed by atoms with Crippen LogP contribution in [-0.2, 0) is 12.2 Å². The van der Waals surface area contributed by atoms with Gasteiger partial charge in [0.2, 0.25) is 0 Å². The molecule has 0 saturated heterocycles. The van der Waals surface area contributed by atoms with Crippen LogP contribution in [0.15, 0.2) is 4.47 Å². The summed E-state index contributed by atoms with van der Waals surface area (Å²) >= 11 is 5.26. The Bertz CT molecular complexity index is 355. The zero-order valence-electron chi connectivity index (χ0n) is 9.96. The number of halogens is 1. The Hall–Kier alpha value is -0.290. The smallest absolute Gasteiger partial charge is 0.141 e. The van der Waals surface area contributed by atoms with E-state index in [2.05, 4.69) is 46.7 Å². The molecule has 3 nitrogen and oxygen atoms in total. The lowest BCUT2D eigenvalue weighted by atomic mass is 10.1. The van der Waals surface area contributed by atoms with Crippen LogP contribution >= 0.6 is 27.7 Å². The van der Waals surface area contributed by atoms with Gasteiger partial charge in [0.1, 0.15) is 11.6 Å². The lowest BCUT2D eigenvalue weighted by Gasteiger charge is -2.10. The quantitative estimate of drug-likeness (QED) is 0.907. The summed E-state index contributed by atoms with van der Waals surface area (Å²) in [5.74, 6) is 3.86. The van der Waals surface area contributed by atoms with Crippen molar-refractivity contribution in [3.8, 4) is 0 Å². The fraction of sp³-hybridized carbons (Fsp3) is 0.636. The minimum atomic E-state index is 0.553. The van der Waals surface area contributed by atoms with Gasteiger partial charge >= 0.3 is 0 Å². The first-order chi connectivity index (χ1) is 7.54. The third-order valence-electron chi connectivity index (χ3n) is 2.03. The number of aromatic nitrogens is 2. The van der Waals surface area contributed by atoms with E-state index in [-0.39, 0.29) is 0 Å². The molecule has 0 aliphatic carbocycles. The second-order valence-electron chi connectivity index (χ2n) is 4.02. The number of nitrogens with two attached hydrogens (primary N) is 1. The predicted octanol–water partition coefficient (Wildman–Crippen LogP) is 3.27. The molecule has 1 aromatic heterocycles. The summed E-state index contributed by atoms with van der Waals surface area (Å²) in [6, 6.07) is 0. The molecule has 0 unspecified atom stereocenters. The summed E-state index contributed by atoms with van der Waals surface area (Å²) in [4.78, 5) is 8.83. The molecule has 0 saturated carbocycles. The van der Waals surface area contributed by atoms with E-state index in [0.29, 0.717) is 11.7 Å². The Balaban J connectivity index is 2.92. The molecule has 0 amide bonds. The minimum absolute atomic E-state index is 0.553. The van der Waals surface area contributed by atoms with Crippen LogP contribution in [0.1, 0.15) is 32.3 Å². The van der Waals surface area contributed by atoms with Crippen molar-refractivity contribution in [2.45, 2.75) is 32.9 Å². The summed E-state index contributed by atoms with van der Waals surface area (Å²) in [6.07, 6.45) is 0.928. The average Bonchev–Trinajstić information content (AvgIpc) is 2.21. The summed E-state index contributed by atoms with van der Waals surface area (Å²) < 4.78 is 0.853. The SMILES string of the molecule is CCSCc1nc(N)c(Br)c(CC(C)C)n1. The number of thioether (sulfide) groups is 1. The van der Waals surface area contributed by atoms with Gasteiger partial charge in [-0.3, -0.25) is 0 Å². The molecule has 0 aliphatic rings. The van der Waals surface area contributed by atoms with Gasteiger partial charge in [-0.15, -0.1) is 0 Å². The number of anilines is 1. The van der Waals surface area contributed by atoms with E-state index in [1.807, 2.05) is 11.8 Å². The molecular formula is C11H18BrN3S. The second-order valence-corrected chi connectivity index (χ2v) is 6.09. The van der Waals surface area contributed by atoms with Gasteiger partial charge in [0.25, 0.3) is 0 Å². The zero-order chi connectivity index (χ0) is 12.1. The van der Waals surface area contributed by atoms with Crippen LogP contribution in [-0.4, -0.2) is 15.7 Å². The van der Waals surface area contributed by atoms with Crippen LogP contribution in [0.2, 0.25) is 0 Å². The van der Waals surface area contributed by atoms with Crippen molar-refractivity contribution < 1.29 is 0 Å². The largest absolute Gasteiger partial charge is 0.383 e. The fourth-order valence-corrected chi connectivity index (χ4v) is 2.20. The summed E-state index contributed by atoms with van der Waals surface area (Å²) in [5, 5.41) is 0. The van der Waals surface area contributed by atoms with Crippen LogP contribution in [0.3, 0.4) is 0 Å². The third kappa shape index (κ3) is 3.94. The Morgan fingerprint density at radius 3 is 2.62 bits per heavy atom. The molecular weight excluding hydrogens is 286 g/mol. The first-order valence-electron chi connectivity index (χ1n) is 5.43. The highest BCUT2D eigenvalue weighted by atomic mass is 79.9. The van der Waals surface area contributed by atoms with Crippen LogP contribution < -0.4 is 5.73 Å². The maximum atomic E-state index is 5.86. The summed E-state index contributed by atoms with van der Waals surface area (Å²) in [6.45, 7) is 6.47. The van der Waals surface area contributed by atoms with Gasteiger partial charge in [-0.1, -0.05) is 20.8 Å². The molecule has 1 heterocycles. The van der Waals surface area contributed by atoms with Crippen LogP contribution in [0, 0.1) is 5.92 Å². The van der Waals surface area contributed by atoms with Gasteiger partial charge in [0.15, 0.2) is 0 Å². The second kappa shape index (κ2) is 6.45. The van der Waals surface area contributed by atoms with Crippen LogP contribution in [0.5, 0.6) is 0 Å². The molecule has 0 aliphatic heterocycles. The highest BCUT2D eigenvalue weighted by Crippen LogP contribution is 2.24. The van der Waals surface area contributed by atoms with E-state index in [0.717, 1.165) is 33.9 Å². The third-order valence-corrected chi connectivity index (χ3v) is 3.76. The van der Waals surface area contributed by atoms with Crippen molar-refractivity contribution >= 4 is 33.5 Å². The molecule has 0 radical (unpaired) electrons. The molecule has 0 spiro atoms. The predicted molar refractivity (Wildman–Crippen MR) is 74.5 cm³/mol. The first-order valence-corrected chi connectivity index (χ1v) is 7.37. The van der Waals surface area contributed by atoms with Gasteiger partial charge in [0, 0.05) is 0 Å². The summed E-state index contributed by atoms with van der Waals surface area (Å²) in [5.41, 5.74) is 6.88. The molecule has 0 fully saturated rings. The van der Waals surface area contributed by atoms with Crippen LogP contribution in [0.4, 0.5) is 5.82 Å². The maximum Gasteiger partial charge on any atom is 0.141 e. The van der Waals surface area contributed by atoms with Crippen molar-refractivity contribution in [3.63, 3.8) is 0 Å². The highest BCUT2D eigenvalue weighted by Gasteiger charge is 2.11. The van der Waals surface area contributed by atoms with Crippen molar-refractivity contribution in [1.29, 1.82) is 0 Å². The van der Waals surface area contributed by atoms with E-state index >= 15 is 0 Å². The Morgan fingerprint density at radius 2 is 2.06 bits per heavy atom. The standard InChI is InChI=1S/C11H18BrN3S/c1-4-16-6-9-14-8(5-7(2)3)10(12)11(13)15-9/h7H,4-6H2,1-3H3,(H2,13,14,15). The first kappa shape index (κ1) is 13.8. The highest BCUT2D eigenvalue weighted by molar-refractivity contribution is 9.10. The molecule has 1 aromatic rings. The number of hydrogen-bond acceptors (Lipinski definition) is 4. The van der Waals surface area contributed by atoms with Crippen molar-refractivity contribution in [2.24, 2.45) is 5.92 Å². The van der Waals surface area contributed by atoms with E-state index in [1.54, 1.807) is 0 Å². The number of nitrogen functional groups attached to an aromatic ring is 1. The molecule has 0 bridgehead atoms. The average molecular weight is 304 g/mol. The Labute approximate surface area is 110 Å². The minimum Gasteiger partial charge on any atom is -0.383 e. The topological polar surface area (TPSA) is 51.8 Å². The van der Waals surface area contributed by atoms with Gasteiger partial charge in [0.05, 0.1) is 15.9 Å². The van der Waals surface area contributed by atoms with Gasteiger partial charge < -0.3 is 5.73 Å². The van der Waals surface area contributed by atoms with Crippen molar-refractivity contribution in [2.75, 3.05) is 11.5 Å². The maximum absolute atomic E-state index is 5.86. The number of hydrogen-bond donors (Lipinski definition) is 1. The van der Waals surface area contributed by atoms with Gasteiger partial charge in [-0.2, -0.15) is 11.8 Å². The fourth-order valence-electron chi connectivity index (χ4n) is 1.35. The van der Waals surface area contributed by atoms with Gasteiger partial charge in [-0.05, 0) is 34.0 Å². The molecule has 16 heavy (non-hydrogen) atoms. The lowest BCUT2D eigenvalue weighted by molar-refractivity contribution is 0.630. The number of rotatable bonds is 5. The molecule has 5 heteroatoms. The number of nitrogens with zero attached hydrogens (tertiary/aromatic N) is 2. The Morgan fingerprint density at radius 1 is 1.38 bits per heavy atom. The van der Waals surface area contributed by atoms with Crippen LogP contribution in [0.25, 0.3) is 0 Å². The van der Waals surface area contributed by atoms with Gasteiger partial charge in [-0.25, -0.2) is 9.97 Å². The zero-order valence-corrected chi connectivity index (χ0v) is 12.4. The normalized spacial score (nSPS) is 11.1. The molecule has 90 valence electrons. The van der Waals surface area contributed by atoms with E-state index < -0.39 is 0 Å². The van der Waals surface area contributed by atoms with Crippen molar-refractivity contribution in [3.05, 3.63) is 16.0 Å². The molecule has 0 atom stereocenters. The molecule has 2 N–H and O–H groups in total.